The molecule has 0 atom stereocenters. The Balaban J connectivity index is 2.43. The summed E-state index contributed by atoms with van der Waals surface area (Å²) >= 11 is 0. The van der Waals surface area contributed by atoms with Gasteiger partial charge in [0.2, 0.25) is 0 Å². The van der Waals surface area contributed by atoms with Crippen molar-refractivity contribution < 1.29 is 0 Å². The van der Waals surface area contributed by atoms with E-state index in [0.29, 0.717) is 0 Å². The van der Waals surface area contributed by atoms with Crippen LogP contribution >= 0.6 is 0 Å². The maximum atomic E-state index is 6.15. The molecule has 2 N–H and O–H groups in total. The van der Waals surface area contributed by atoms with Crippen LogP contribution in [0, 0.1) is 5.41 Å². The summed E-state index contributed by atoms with van der Waals surface area (Å²) in [7, 11) is 1.97. The number of nitrogen functional groups attached to an aromatic ring is 1. The van der Waals surface area contributed by atoms with E-state index in [2.05, 4.69) is 32.9 Å². The van der Waals surface area contributed by atoms with Gasteiger partial charge in [-0.15, -0.1) is 0 Å². The number of hydrogen-bond donors (Lipinski definition) is 1. The van der Waals surface area contributed by atoms with Crippen molar-refractivity contribution in [2.45, 2.75) is 27.2 Å². The minimum atomic E-state index is 0.191. The largest absolute Gasteiger partial charge is 0.384 e. The van der Waals surface area contributed by atoms with Crippen LogP contribution in [0.5, 0.6) is 0 Å². The molecular weight excluding hydrogens is 222 g/mol. The number of imidazole rings is 1. The van der Waals surface area contributed by atoms with Gasteiger partial charge in [-0.25, -0.2) is 4.98 Å². The zero-order valence-corrected chi connectivity index (χ0v) is 11.6. The average Bonchev–Trinajstić information content (AvgIpc) is 2.57. The standard InChI is InChI=1S/C15H21N3/c1-15(2,3)10-12-13(16)18(4)14(17-12)11-8-6-5-7-9-11/h5-9H,10,16H2,1-4H3. The molecule has 0 saturated carbocycles. The molecule has 1 aromatic carbocycles. The summed E-state index contributed by atoms with van der Waals surface area (Å²) in [6, 6.07) is 10.2. The van der Waals surface area contributed by atoms with Crippen LogP contribution in [0.15, 0.2) is 30.3 Å². The van der Waals surface area contributed by atoms with Crippen molar-refractivity contribution in [2.75, 3.05) is 5.73 Å². The molecule has 1 aromatic heterocycles. The van der Waals surface area contributed by atoms with Crippen molar-refractivity contribution in [3.63, 3.8) is 0 Å². The van der Waals surface area contributed by atoms with Gasteiger partial charge in [0.15, 0.2) is 0 Å². The lowest BCUT2D eigenvalue weighted by atomic mass is 9.90. The molecule has 0 spiro atoms. The molecular formula is C15H21N3. The van der Waals surface area contributed by atoms with E-state index < -0.39 is 0 Å². The summed E-state index contributed by atoms with van der Waals surface area (Å²) in [6.07, 6.45) is 0.888. The van der Waals surface area contributed by atoms with Gasteiger partial charge in [-0.3, -0.25) is 0 Å². The highest BCUT2D eigenvalue weighted by atomic mass is 15.1. The van der Waals surface area contributed by atoms with Gasteiger partial charge in [0, 0.05) is 12.6 Å². The van der Waals surface area contributed by atoms with E-state index in [9.17, 15) is 0 Å². The lowest BCUT2D eigenvalue weighted by Crippen LogP contribution is -2.11. The molecule has 2 rings (SSSR count). The molecule has 3 nitrogen and oxygen atoms in total. The summed E-state index contributed by atoms with van der Waals surface area (Å²) in [5.74, 6) is 1.70. The van der Waals surface area contributed by atoms with Crippen molar-refractivity contribution in [1.29, 1.82) is 0 Å². The Bertz CT molecular complexity index is 533. The first-order chi connectivity index (χ1) is 8.38. The Morgan fingerprint density at radius 3 is 2.33 bits per heavy atom. The summed E-state index contributed by atoms with van der Waals surface area (Å²) < 4.78 is 1.97. The number of nitrogens with two attached hydrogens (primary N) is 1. The average molecular weight is 243 g/mol. The van der Waals surface area contributed by atoms with Gasteiger partial charge >= 0.3 is 0 Å². The quantitative estimate of drug-likeness (QED) is 0.879. The normalized spacial score (nSPS) is 11.8. The summed E-state index contributed by atoms with van der Waals surface area (Å²) in [5, 5.41) is 0. The Kier molecular flexibility index (Phi) is 3.16. The Morgan fingerprint density at radius 1 is 1.17 bits per heavy atom. The number of aromatic nitrogens is 2. The SMILES string of the molecule is Cn1c(-c2ccccc2)nc(CC(C)(C)C)c1N. The molecule has 0 aliphatic rings. The second kappa shape index (κ2) is 4.48. The fraction of sp³-hybridized carbons (Fsp3) is 0.400. The highest BCUT2D eigenvalue weighted by Gasteiger charge is 2.19. The van der Waals surface area contributed by atoms with Crippen molar-refractivity contribution in [3.8, 4) is 11.4 Å². The van der Waals surface area contributed by atoms with Gasteiger partial charge < -0.3 is 10.3 Å². The number of benzene rings is 1. The first-order valence-electron chi connectivity index (χ1n) is 6.25. The first kappa shape index (κ1) is 12.7. The Morgan fingerprint density at radius 2 is 1.78 bits per heavy atom. The zero-order valence-electron chi connectivity index (χ0n) is 11.6. The predicted octanol–water partition coefficient (Wildman–Crippen LogP) is 3.26. The van der Waals surface area contributed by atoms with Crippen LogP contribution < -0.4 is 5.73 Å². The predicted molar refractivity (Wildman–Crippen MR) is 76.2 cm³/mol. The molecule has 0 amide bonds. The lowest BCUT2D eigenvalue weighted by molar-refractivity contribution is 0.407. The highest BCUT2D eigenvalue weighted by molar-refractivity contribution is 5.60. The van der Waals surface area contributed by atoms with Gasteiger partial charge in [0.05, 0.1) is 5.69 Å². The molecule has 1 heterocycles. The fourth-order valence-corrected chi connectivity index (χ4v) is 2.05. The number of anilines is 1. The number of rotatable bonds is 2. The third kappa shape index (κ3) is 2.55. The van der Waals surface area contributed by atoms with Gasteiger partial charge in [-0.05, 0) is 11.8 Å². The summed E-state index contributed by atoms with van der Waals surface area (Å²) in [5.41, 5.74) is 8.43. The van der Waals surface area contributed by atoms with E-state index in [1.807, 2.05) is 29.8 Å². The molecule has 0 radical (unpaired) electrons. The van der Waals surface area contributed by atoms with Crippen LogP contribution in [-0.2, 0) is 13.5 Å². The van der Waals surface area contributed by atoms with Crippen LogP contribution in [-0.4, -0.2) is 9.55 Å². The van der Waals surface area contributed by atoms with E-state index in [1.165, 1.54) is 0 Å². The van der Waals surface area contributed by atoms with Crippen molar-refractivity contribution in [1.82, 2.24) is 9.55 Å². The van der Waals surface area contributed by atoms with E-state index >= 15 is 0 Å². The molecule has 0 fully saturated rings. The topological polar surface area (TPSA) is 43.8 Å². The molecule has 18 heavy (non-hydrogen) atoms. The monoisotopic (exact) mass is 243 g/mol. The van der Waals surface area contributed by atoms with Gasteiger partial charge in [0.1, 0.15) is 11.6 Å². The van der Waals surface area contributed by atoms with Gasteiger partial charge in [-0.1, -0.05) is 51.1 Å². The van der Waals surface area contributed by atoms with E-state index in [1.54, 1.807) is 0 Å². The maximum Gasteiger partial charge on any atom is 0.141 e. The minimum absolute atomic E-state index is 0.191. The number of hydrogen-bond acceptors (Lipinski definition) is 2. The van der Waals surface area contributed by atoms with Crippen LogP contribution in [0.25, 0.3) is 11.4 Å². The Hall–Kier alpha value is -1.77. The lowest BCUT2D eigenvalue weighted by Gasteiger charge is -2.16. The fourth-order valence-electron chi connectivity index (χ4n) is 2.05. The molecule has 2 aromatic rings. The molecule has 3 heteroatoms. The second-order valence-electron chi connectivity index (χ2n) is 5.93. The van der Waals surface area contributed by atoms with Crippen LogP contribution in [0.3, 0.4) is 0 Å². The van der Waals surface area contributed by atoms with Crippen LogP contribution in [0.2, 0.25) is 0 Å². The third-order valence-electron chi connectivity index (χ3n) is 2.95. The second-order valence-corrected chi connectivity index (χ2v) is 5.93. The third-order valence-corrected chi connectivity index (χ3v) is 2.95. The van der Waals surface area contributed by atoms with E-state index in [-0.39, 0.29) is 5.41 Å². The van der Waals surface area contributed by atoms with Crippen molar-refractivity contribution in [2.24, 2.45) is 12.5 Å². The highest BCUT2D eigenvalue weighted by Crippen LogP contribution is 2.28. The maximum absolute atomic E-state index is 6.15. The zero-order chi connectivity index (χ0) is 13.3. The van der Waals surface area contributed by atoms with Crippen LogP contribution in [0.1, 0.15) is 26.5 Å². The van der Waals surface area contributed by atoms with Gasteiger partial charge in [0.25, 0.3) is 0 Å². The smallest absolute Gasteiger partial charge is 0.141 e. The van der Waals surface area contributed by atoms with E-state index in [4.69, 9.17) is 10.7 Å². The summed E-state index contributed by atoms with van der Waals surface area (Å²) in [4.78, 5) is 4.70. The molecule has 96 valence electrons. The molecule has 0 aliphatic carbocycles. The first-order valence-corrected chi connectivity index (χ1v) is 6.25. The van der Waals surface area contributed by atoms with Crippen LogP contribution in [0.4, 0.5) is 5.82 Å². The van der Waals surface area contributed by atoms with Crippen molar-refractivity contribution >= 4 is 5.82 Å². The molecule has 0 aliphatic heterocycles. The molecule has 0 unspecified atom stereocenters. The molecule has 0 bridgehead atoms. The Labute approximate surface area is 109 Å². The summed E-state index contributed by atoms with van der Waals surface area (Å²) in [6.45, 7) is 6.59. The number of nitrogens with zero attached hydrogens (tertiary/aromatic N) is 2. The van der Waals surface area contributed by atoms with Crippen molar-refractivity contribution in [3.05, 3.63) is 36.0 Å². The van der Waals surface area contributed by atoms with E-state index in [0.717, 1.165) is 29.3 Å². The van der Waals surface area contributed by atoms with Gasteiger partial charge in [-0.2, -0.15) is 0 Å². The minimum Gasteiger partial charge on any atom is -0.384 e. The molecule has 0 saturated heterocycles.